The first kappa shape index (κ1) is 24.4. The summed E-state index contributed by atoms with van der Waals surface area (Å²) in [7, 11) is 1.41. The number of methoxy groups -OCH3 is 1. The van der Waals surface area contributed by atoms with Crippen molar-refractivity contribution in [1.29, 1.82) is 0 Å². The van der Waals surface area contributed by atoms with Gasteiger partial charge in [0.2, 0.25) is 5.91 Å². The molecule has 0 aliphatic carbocycles. The van der Waals surface area contributed by atoms with E-state index in [1.54, 1.807) is 13.0 Å². The lowest BCUT2D eigenvalue weighted by atomic mass is 10.1. The third-order valence-corrected chi connectivity index (χ3v) is 3.89. The van der Waals surface area contributed by atoms with Gasteiger partial charge < -0.3 is 21.1 Å². The number of amides is 2. The molecular weight excluding hydrogens is 411 g/mol. The number of rotatable bonds is 6. The number of halogens is 4. The number of nitrogens with two attached hydrogens (primary N) is 1. The minimum Gasteiger partial charge on any atom is -0.383 e. The number of alkyl halides is 3. The third-order valence-electron chi connectivity index (χ3n) is 3.89. The molecule has 0 saturated heterocycles. The van der Waals surface area contributed by atoms with Gasteiger partial charge in [-0.05, 0) is 42.8 Å². The lowest BCUT2D eigenvalue weighted by Crippen LogP contribution is -2.39. The van der Waals surface area contributed by atoms with Gasteiger partial charge in [0, 0.05) is 24.0 Å². The molecule has 0 radical (unpaired) electrons. The summed E-state index contributed by atoms with van der Waals surface area (Å²) in [5, 5.41) is 5.03. The molecule has 4 N–H and O–H groups in total. The molecule has 1 unspecified atom stereocenters. The number of carbonyl (C=O) groups excluding carboxylic acids is 2. The highest BCUT2D eigenvalue weighted by Gasteiger charge is 2.30. The lowest BCUT2D eigenvalue weighted by molar-refractivity contribution is -0.137. The van der Waals surface area contributed by atoms with E-state index in [1.807, 2.05) is 0 Å². The van der Waals surface area contributed by atoms with Crippen molar-refractivity contribution in [1.82, 2.24) is 0 Å². The molecule has 10 heteroatoms. The molecule has 0 saturated carbocycles. The summed E-state index contributed by atoms with van der Waals surface area (Å²) in [4.78, 5) is 24.4. The molecule has 0 aliphatic heterocycles. The average molecular weight is 432 g/mol. The van der Waals surface area contributed by atoms with Gasteiger partial charge in [0.25, 0.3) is 5.91 Å². The SMILES string of the molecule is COCC(N)C(=O)Nc1cc(C(=O)Nc2cccc(C(F)(F)F)c2)ccc1C.Cl. The molecule has 29 heavy (non-hydrogen) atoms. The van der Waals surface area contributed by atoms with Crippen LogP contribution in [0.5, 0.6) is 0 Å². The van der Waals surface area contributed by atoms with Crippen molar-refractivity contribution in [2.75, 3.05) is 24.4 Å². The Morgan fingerprint density at radius 2 is 1.83 bits per heavy atom. The number of nitrogens with one attached hydrogen (secondary N) is 2. The Balaban J connectivity index is 0.00000420. The van der Waals surface area contributed by atoms with Gasteiger partial charge in [-0.3, -0.25) is 9.59 Å². The van der Waals surface area contributed by atoms with E-state index in [-0.39, 0.29) is 30.3 Å². The van der Waals surface area contributed by atoms with Gasteiger partial charge in [-0.15, -0.1) is 12.4 Å². The predicted molar refractivity (Wildman–Crippen MR) is 106 cm³/mol. The molecule has 0 fully saturated rings. The van der Waals surface area contributed by atoms with Crippen LogP contribution in [0, 0.1) is 6.92 Å². The van der Waals surface area contributed by atoms with Crippen LogP contribution in [-0.4, -0.2) is 31.6 Å². The normalized spacial score (nSPS) is 11.9. The number of anilines is 2. The van der Waals surface area contributed by atoms with Crippen LogP contribution in [-0.2, 0) is 15.7 Å². The summed E-state index contributed by atoms with van der Waals surface area (Å²) in [6, 6.07) is 7.98. The Bertz CT molecular complexity index is 875. The highest BCUT2D eigenvalue weighted by molar-refractivity contribution is 6.05. The largest absolute Gasteiger partial charge is 0.416 e. The lowest BCUT2D eigenvalue weighted by Gasteiger charge is -2.14. The second kappa shape index (κ2) is 10.2. The maximum atomic E-state index is 12.8. The number of aryl methyl sites for hydroxylation is 1. The summed E-state index contributed by atoms with van der Waals surface area (Å²) < 4.78 is 43.2. The van der Waals surface area contributed by atoms with Crippen molar-refractivity contribution < 1.29 is 27.5 Å². The Morgan fingerprint density at radius 1 is 1.14 bits per heavy atom. The fourth-order valence-electron chi connectivity index (χ4n) is 2.36. The van der Waals surface area contributed by atoms with Gasteiger partial charge in [-0.2, -0.15) is 13.2 Å². The van der Waals surface area contributed by atoms with E-state index in [9.17, 15) is 22.8 Å². The number of benzene rings is 2. The van der Waals surface area contributed by atoms with Gasteiger partial charge in [0.1, 0.15) is 6.04 Å². The molecule has 1 atom stereocenters. The molecule has 0 aliphatic rings. The van der Waals surface area contributed by atoms with Crippen molar-refractivity contribution in [3.8, 4) is 0 Å². The Morgan fingerprint density at radius 3 is 2.45 bits per heavy atom. The summed E-state index contributed by atoms with van der Waals surface area (Å²) >= 11 is 0. The van der Waals surface area contributed by atoms with Crippen LogP contribution in [0.15, 0.2) is 42.5 Å². The van der Waals surface area contributed by atoms with E-state index in [1.165, 1.54) is 31.4 Å². The summed E-state index contributed by atoms with van der Waals surface area (Å²) in [5.74, 6) is -1.10. The standard InChI is InChI=1S/C19H20F3N3O3.ClH/c1-11-6-7-12(8-16(11)25-18(27)15(23)10-28-2)17(26)24-14-5-3-4-13(9-14)19(20,21)22;/h3-9,15H,10,23H2,1-2H3,(H,24,26)(H,25,27);1H. The van der Waals surface area contributed by atoms with Crippen LogP contribution >= 0.6 is 12.4 Å². The third kappa shape index (κ3) is 6.74. The number of hydrogen-bond donors (Lipinski definition) is 3. The van der Waals surface area contributed by atoms with E-state index in [4.69, 9.17) is 10.5 Å². The van der Waals surface area contributed by atoms with Gasteiger partial charge in [-0.25, -0.2) is 0 Å². The van der Waals surface area contributed by atoms with Crippen molar-refractivity contribution in [2.45, 2.75) is 19.1 Å². The van der Waals surface area contributed by atoms with Crippen molar-refractivity contribution >= 4 is 35.6 Å². The Kier molecular flexibility index (Phi) is 8.62. The Labute approximate surface area is 172 Å². The molecule has 2 rings (SSSR count). The first-order valence-corrected chi connectivity index (χ1v) is 8.26. The second-order valence-electron chi connectivity index (χ2n) is 6.11. The topological polar surface area (TPSA) is 93.4 Å². The molecule has 0 aromatic heterocycles. The van der Waals surface area contributed by atoms with Crippen LogP contribution in [0.4, 0.5) is 24.5 Å². The number of hydrogen-bond acceptors (Lipinski definition) is 4. The van der Waals surface area contributed by atoms with Crippen LogP contribution in [0.3, 0.4) is 0 Å². The molecule has 0 bridgehead atoms. The molecule has 0 heterocycles. The summed E-state index contributed by atoms with van der Waals surface area (Å²) in [5.41, 5.74) is 6.03. The van der Waals surface area contributed by atoms with Crippen molar-refractivity contribution in [3.05, 3.63) is 59.2 Å². The molecule has 158 valence electrons. The van der Waals surface area contributed by atoms with E-state index >= 15 is 0 Å². The Hall–Kier alpha value is -2.62. The first-order valence-electron chi connectivity index (χ1n) is 8.26. The smallest absolute Gasteiger partial charge is 0.383 e. The zero-order chi connectivity index (χ0) is 20.9. The van der Waals surface area contributed by atoms with Crippen LogP contribution in [0.1, 0.15) is 21.5 Å². The highest BCUT2D eigenvalue weighted by atomic mass is 35.5. The first-order chi connectivity index (χ1) is 13.1. The van der Waals surface area contributed by atoms with Crippen LogP contribution < -0.4 is 16.4 Å². The van der Waals surface area contributed by atoms with Gasteiger partial charge in [0.05, 0.1) is 12.2 Å². The van der Waals surface area contributed by atoms with Gasteiger partial charge in [0.15, 0.2) is 0 Å². The maximum absolute atomic E-state index is 12.8. The molecule has 2 aromatic rings. The highest BCUT2D eigenvalue weighted by Crippen LogP contribution is 2.30. The fraction of sp³-hybridized carbons (Fsp3) is 0.263. The molecule has 6 nitrogen and oxygen atoms in total. The van der Waals surface area contributed by atoms with Gasteiger partial charge in [-0.1, -0.05) is 12.1 Å². The fourth-order valence-corrected chi connectivity index (χ4v) is 2.36. The monoisotopic (exact) mass is 431 g/mol. The summed E-state index contributed by atoms with van der Waals surface area (Å²) in [6.45, 7) is 1.76. The minimum absolute atomic E-state index is 0. The molecule has 2 amide bonds. The number of ether oxygens (including phenoxy) is 1. The molecular formula is C19H21ClF3N3O3. The van der Waals surface area contributed by atoms with E-state index in [2.05, 4.69) is 10.6 Å². The van der Waals surface area contributed by atoms with Crippen LogP contribution in [0.25, 0.3) is 0 Å². The predicted octanol–water partition coefficient (Wildman–Crippen LogP) is 3.60. The quantitative estimate of drug-likeness (QED) is 0.651. The van der Waals surface area contributed by atoms with Crippen molar-refractivity contribution in [3.63, 3.8) is 0 Å². The van der Waals surface area contributed by atoms with Crippen molar-refractivity contribution in [2.24, 2.45) is 5.73 Å². The summed E-state index contributed by atoms with van der Waals surface area (Å²) in [6.07, 6.45) is -4.51. The van der Waals surface area contributed by atoms with E-state index < -0.39 is 29.6 Å². The average Bonchev–Trinajstić information content (AvgIpc) is 2.63. The zero-order valence-electron chi connectivity index (χ0n) is 15.7. The minimum atomic E-state index is -4.51. The van der Waals surface area contributed by atoms with Gasteiger partial charge >= 0.3 is 6.18 Å². The van der Waals surface area contributed by atoms with Crippen LogP contribution in [0.2, 0.25) is 0 Å². The molecule has 2 aromatic carbocycles. The maximum Gasteiger partial charge on any atom is 0.416 e. The molecule has 0 spiro atoms. The second-order valence-corrected chi connectivity index (χ2v) is 6.11. The zero-order valence-corrected chi connectivity index (χ0v) is 16.5. The number of carbonyl (C=O) groups is 2. The van der Waals surface area contributed by atoms with E-state index in [0.717, 1.165) is 12.1 Å². The van der Waals surface area contributed by atoms with E-state index in [0.29, 0.717) is 11.3 Å².